The fraction of sp³-hybridized carbons (Fsp3) is 0.462. The average Bonchev–Trinajstić information content (AvgIpc) is 2.72. The number of fused-ring (bicyclic) bond motifs is 1. The van der Waals surface area contributed by atoms with Crippen molar-refractivity contribution in [3.8, 4) is 0 Å². The lowest BCUT2D eigenvalue weighted by atomic mass is 9.87. The van der Waals surface area contributed by atoms with E-state index in [0.29, 0.717) is 12.0 Å². The molecule has 3 rings (SSSR count). The van der Waals surface area contributed by atoms with E-state index in [1.54, 1.807) is 23.5 Å². The predicted molar refractivity (Wildman–Crippen MR) is 68.8 cm³/mol. The largest absolute Gasteiger partial charge is 0.328 e. The number of benzene rings is 1. The average molecular weight is 250 g/mol. The first-order valence-electron chi connectivity index (χ1n) is 6.04. The van der Waals surface area contributed by atoms with Crippen molar-refractivity contribution in [2.75, 3.05) is 0 Å². The number of nitrogens with zero attached hydrogens (tertiary/aromatic N) is 1. The molecular weight excluding hydrogens is 235 g/mol. The summed E-state index contributed by atoms with van der Waals surface area (Å²) >= 11 is 1.63. The molecule has 0 aliphatic heterocycles. The van der Waals surface area contributed by atoms with Crippen molar-refractivity contribution in [3.05, 3.63) is 29.0 Å². The summed E-state index contributed by atoms with van der Waals surface area (Å²) in [6, 6.07) is 5.17. The first-order chi connectivity index (χ1) is 8.22. The summed E-state index contributed by atoms with van der Waals surface area (Å²) in [5.41, 5.74) is 6.82. The van der Waals surface area contributed by atoms with Gasteiger partial charge in [-0.3, -0.25) is 0 Å². The van der Waals surface area contributed by atoms with E-state index >= 15 is 0 Å². The van der Waals surface area contributed by atoms with Crippen molar-refractivity contribution in [1.29, 1.82) is 0 Å². The minimum Gasteiger partial charge on any atom is -0.328 e. The molecule has 0 amide bonds. The maximum atomic E-state index is 13.1. The molecular formula is C13H15FN2S. The van der Waals surface area contributed by atoms with Gasteiger partial charge in [-0.05, 0) is 43.9 Å². The minimum absolute atomic E-state index is 0.182. The van der Waals surface area contributed by atoms with Crippen molar-refractivity contribution >= 4 is 21.6 Å². The van der Waals surface area contributed by atoms with Crippen LogP contribution in [-0.4, -0.2) is 11.0 Å². The third-order valence-corrected chi connectivity index (χ3v) is 4.67. The Balaban J connectivity index is 1.90. The van der Waals surface area contributed by atoms with Crippen molar-refractivity contribution < 1.29 is 4.39 Å². The second-order valence-corrected chi connectivity index (χ2v) is 5.84. The van der Waals surface area contributed by atoms with Gasteiger partial charge in [0.1, 0.15) is 5.82 Å². The van der Waals surface area contributed by atoms with E-state index in [4.69, 9.17) is 5.73 Å². The monoisotopic (exact) mass is 250 g/mol. The van der Waals surface area contributed by atoms with Gasteiger partial charge in [0.2, 0.25) is 0 Å². The lowest BCUT2D eigenvalue weighted by Gasteiger charge is -2.24. The van der Waals surface area contributed by atoms with Gasteiger partial charge in [-0.25, -0.2) is 9.37 Å². The van der Waals surface area contributed by atoms with Crippen LogP contribution >= 0.6 is 11.3 Å². The highest BCUT2D eigenvalue weighted by molar-refractivity contribution is 7.18. The number of halogens is 1. The van der Waals surface area contributed by atoms with Crippen LogP contribution in [0.2, 0.25) is 0 Å². The molecule has 1 fully saturated rings. The maximum Gasteiger partial charge on any atom is 0.124 e. The number of hydrogen-bond acceptors (Lipinski definition) is 3. The third-order valence-electron chi connectivity index (χ3n) is 3.49. The summed E-state index contributed by atoms with van der Waals surface area (Å²) in [6.07, 6.45) is 4.39. The lowest BCUT2D eigenvalue weighted by molar-refractivity contribution is 0.395. The number of aromatic nitrogens is 1. The molecule has 1 heterocycles. The van der Waals surface area contributed by atoms with E-state index in [-0.39, 0.29) is 5.82 Å². The molecule has 0 atom stereocenters. The molecule has 17 heavy (non-hydrogen) atoms. The molecule has 0 unspecified atom stereocenters. The Bertz CT molecular complexity index is 529. The summed E-state index contributed by atoms with van der Waals surface area (Å²) in [7, 11) is 0. The first kappa shape index (κ1) is 11.1. The summed E-state index contributed by atoms with van der Waals surface area (Å²) in [4.78, 5) is 4.61. The zero-order chi connectivity index (χ0) is 11.8. The Morgan fingerprint density at radius 2 is 2.00 bits per heavy atom. The highest BCUT2D eigenvalue weighted by Gasteiger charge is 2.22. The standard InChI is InChI=1S/C13H15FN2S/c14-9-3-6-11-12(7-9)17-13(16-11)8-1-4-10(15)5-2-8/h3,6-8,10H,1-2,4-5,15H2. The van der Waals surface area contributed by atoms with Crippen LogP contribution in [0.1, 0.15) is 36.6 Å². The lowest BCUT2D eigenvalue weighted by Crippen LogP contribution is -2.25. The van der Waals surface area contributed by atoms with Crippen LogP contribution in [0, 0.1) is 5.82 Å². The van der Waals surface area contributed by atoms with Gasteiger partial charge in [0.05, 0.1) is 15.2 Å². The molecule has 0 spiro atoms. The van der Waals surface area contributed by atoms with E-state index in [1.807, 2.05) is 0 Å². The molecule has 1 saturated carbocycles. The number of hydrogen-bond donors (Lipinski definition) is 1. The van der Waals surface area contributed by atoms with E-state index in [1.165, 1.54) is 6.07 Å². The number of rotatable bonds is 1. The first-order valence-corrected chi connectivity index (χ1v) is 6.85. The van der Waals surface area contributed by atoms with Gasteiger partial charge >= 0.3 is 0 Å². The Labute approximate surface area is 104 Å². The van der Waals surface area contributed by atoms with Crippen molar-refractivity contribution in [1.82, 2.24) is 4.98 Å². The molecule has 2 nitrogen and oxygen atoms in total. The van der Waals surface area contributed by atoms with Crippen LogP contribution in [0.4, 0.5) is 4.39 Å². The Morgan fingerprint density at radius 1 is 1.24 bits per heavy atom. The highest BCUT2D eigenvalue weighted by Crippen LogP contribution is 2.36. The van der Waals surface area contributed by atoms with Gasteiger partial charge in [-0.15, -0.1) is 11.3 Å². The van der Waals surface area contributed by atoms with E-state index in [0.717, 1.165) is 40.9 Å². The summed E-state index contributed by atoms with van der Waals surface area (Å²) in [5, 5.41) is 1.15. The summed E-state index contributed by atoms with van der Waals surface area (Å²) in [5.74, 6) is 0.341. The zero-order valence-electron chi connectivity index (χ0n) is 9.53. The van der Waals surface area contributed by atoms with E-state index in [2.05, 4.69) is 4.98 Å². The number of nitrogens with two attached hydrogens (primary N) is 1. The van der Waals surface area contributed by atoms with Gasteiger partial charge in [-0.1, -0.05) is 0 Å². The third kappa shape index (κ3) is 2.19. The Morgan fingerprint density at radius 3 is 2.76 bits per heavy atom. The van der Waals surface area contributed by atoms with Crippen LogP contribution in [0.3, 0.4) is 0 Å². The van der Waals surface area contributed by atoms with Gasteiger partial charge in [0.25, 0.3) is 0 Å². The van der Waals surface area contributed by atoms with Crippen LogP contribution in [0.25, 0.3) is 10.2 Å². The molecule has 1 aliphatic carbocycles. The normalized spacial score (nSPS) is 25.3. The molecule has 1 aromatic carbocycles. The highest BCUT2D eigenvalue weighted by atomic mass is 32.1. The second kappa shape index (κ2) is 4.35. The quantitative estimate of drug-likeness (QED) is 0.842. The molecule has 1 aliphatic rings. The van der Waals surface area contributed by atoms with Crippen molar-refractivity contribution in [2.45, 2.75) is 37.6 Å². The number of thiazole rings is 1. The van der Waals surface area contributed by atoms with Crippen LogP contribution < -0.4 is 5.73 Å². The zero-order valence-corrected chi connectivity index (χ0v) is 10.3. The predicted octanol–water partition coefficient (Wildman–Crippen LogP) is 3.42. The Hall–Kier alpha value is -1.000. The molecule has 90 valence electrons. The second-order valence-electron chi connectivity index (χ2n) is 4.78. The van der Waals surface area contributed by atoms with Gasteiger partial charge in [0, 0.05) is 12.0 Å². The molecule has 2 N–H and O–H groups in total. The van der Waals surface area contributed by atoms with Crippen LogP contribution in [0.15, 0.2) is 18.2 Å². The molecule has 1 aromatic heterocycles. The topological polar surface area (TPSA) is 38.9 Å². The Kier molecular flexibility index (Phi) is 2.84. The molecule has 2 aromatic rings. The van der Waals surface area contributed by atoms with Gasteiger partial charge in [-0.2, -0.15) is 0 Å². The SMILES string of the molecule is NC1CCC(c2nc3ccc(F)cc3s2)CC1. The fourth-order valence-corrected chi connectivity index (χ4v) is 3.62. The summed E-state index contributed by atoms with van der Waals surface area (Å²) < 4.78 is 14.1. The molecule has 0 saturated heterocycles. The van der Waals surface area contributed by atoms with Crippen molar-refractivity contribution in [2.24, 2.45) is 5.73 Å². The minimum atomic E-state index is -0.182. The van der Waals surface area contributed by atoms with Gasteiger partial charge < -0.3 is 5.73 Å². The van der Waals surface area contributed by atoms with Crippen LogP contribution in [0.5, 0.6) is 0 Å². The molecule has 4 heteroatoms. The van der Waals surface area contributed by atoms with Crippen molar-refractivity contribution in [3.63, 3.8) is 0 Å². The van der Waals surface area contributed by atoms with E-state index < -0.39 is 0 Å². The van der Waals surface area contributed by atoms with E-state index in [9.17, 15) is 4.39 Å². The maximum absolute atomic E-state index is 13.1. The molecule has 0 radical (unpaired) electrons. The summed E-state index contributed by atoms with van der Waals surface area (Å²) in [6.45, 7) is 0. The van der Waals surface area contributed by atoms with Gasteiger partial charge in [0.15, 0.2) is 0 Å². The fourth-order valence-electron chi connectivity index (χ4n) is 2.46. The molecule has 0 bridgehead atoms. The van der Waals surface area contributed by atoms with Crippen LogP contribution in [-0.2, 0) is 0 Å². The smallest absolute Gasteiger partial charge is 0.124 e.